The predicted octanol–water partition coefficient (Wildman–Crippen LogP) is 3.46. The second-order valence-corrected chi connectivity index (χ2v) is 6.11. The Morgan fingerprint density at radius 1 is 1.42 bits per heavy atom. The summed E-state index contributed by atoms with van der Waals surface area (Å²) in [5, 5.41) is 1.03. The van der Waals surface area contributed by atoms with E-state index in [9.17, 15) is 0 Å². The number of fused-ring (bicyclic) bond motifs is 1. The molecule has 0 bridgehead atoms. The Morgan fingerprint density at radius 2 is 2.26 bits per heavy atom. The molecule has 1 aliphatic carbocycles. The number of nitrogens with zero attached hydrogens (tertiary/aromatic N) is 1. The first-order chi connectivity index (χ1) is 9.19. The van der Waals surface area contributed by atoms with Gasteiger partial charge in [-0.2, -0.15) is 0 Å². The molecule has 0 spiro atoms. The summed E-state index contributed by atoms with van der Waals surface area (Å²) in [5.41, 5.74) is 9.50. The number of rotatable bonds is 2. The molecule has 1 aromatic carbocycles. The minimum Gasteiger partial charge on any atom is -0.496 e. The smallest absolute Gasteiger partial charge is 0.129 e. The first-order valence-electron chi connectivity index (χ1n) is 6.59. The Morgan fingerprint density at radius 3 is 3.00 bits per heavy atom. The summed E-state index contributed by atoms with van der Waals surface area (Å²) in [6.07, 6.45) is 3.32. The van der Waals surface area contributed by atoms with Gasteiger partial charge in [-0.05, 0) is 43.9 Å². The third-order valence-corrected chi connectivity index (χ3v) is 4.75. The lowest BCUT2D eigenvalue weighted by Gasteiger charge is -2.15. The number of benzene rings is 1. The molecule has 1 aliphatic rings. The molecule has 0 saturated heterocycles. The number of aryl methyl sites for hydroxylation is 2. The quantitative estimate of drug-likeness (QED) is 0.912. The van der Waals surface area contributed by atoms with Crippen LogP contribution in [0.4, 0.5) is 0 Å². The van der Waals surface area contributed by atoms with Crippen LogP contribution >= 0.6 is 11.3 Å². The molecule has 0 amide bonds. The maximum absolute atomic E-state index is 6.15. The van der Waals surface area contributed by atoms with Gasteiger partial charge in [0.25, 0.3) is 0 Å². The molecule has 1 heterocycles. The van der Waals surface area contributed by atoms with E-state index in [2.05, 4.69) is 25.1 Å². The van der Waals surface area contributed by atoms with Crippen LogP contribution in [-0.2, 0) is 6.42 Å². The first kappa shape index (κ1) is 12.6. The van der Waals surface area contributed by atoms with E-state index in [1.807, 2.05) is 0 Å². The van der Waals surface area contributed by atoms with Crippen molar-refractivity contribution in [2.75, 3.05) is 7.11 Å². The van der Waals surface area contributed by atoms with Crippen molar-refractivity contribution in [3.63, 3.8) is 0 Å². The average Bonchev–Trinajstić information content (AvgIpc) is 2.83. The van der Waals surface area contributed by atoms with E-state index in [0.717, 1.165) is 34.9 Å². The molecule has 3 rings (SSSR count). The molecule has 0 fully saturated rings. The second-order valence-electron chi connectivity index (χ2n) is 5.03. The van der Waals surface area contributed by atoms with E-state index in [1.165, 1.54) is 16.9 Å². The molecule has 2 aromatic rings. The standard InChI is InChI=1S/C15H18N2OS/c1-9-6-7-10(12(8-9)18-2)15-17-14-11(16)4-3-5-13(14)19-15/h6-8,11H,3-5,16H2,1-2H3. The normalized spacial score (nSPS) is 18.2. The van der Waals surface area contributed by atoms with Gasteiger partial charge in [0.05, 0.1) is 18.4 Å². The van der Waals surface area contributed by atoms with Crippen LogP contribution < -0.4 is 10.5 Å². The molecule has 4 heteroatoms. The fourth-order valence-electron chi connectivity index (χ4n) is 2.54. The van der Waals surface area contributed by atoms with Gasteiger partial charge in [-0.25, -0.2) is 4.98 Å². The molecular weight excluding hydrogens is 256 g/mol. The fraction of sp³-hybridized carbons (Fsp3) is 0.400. The summed E-state index contributed by atoms with van der Waals surface area (Å²) in [4.78, 5) is 6.10. The first-order valence-corrected chi connectivity index (χ1v) is 7.41. The molecule has 0 radical (unpaired) electrons. The molecule has 1 unspecified atom stereocenters. The summed E-state index contributed by atoms with van der Waals surface area (Å²) in [7, 11) is 1.71. The lowest BCUT2D eigenvalue weighted by Crippen LogP contribution is -2.16. The molecule has 2 N–H and O–H groups in total. The van der Waals surface area contributed by atoms with Gasteiger partial charge in [0.15, 0.2) is 0 Å². The van der Waals surface area contributed by atoms with Gasteiger partial charge in [0, 0.05) is 10.9 Å². The number of nitrogens with two attached hydrogens (primary N) is 1. The topological polar surface area (TPSA) is 48.1 Å². The van der Waals surface area contributed by atoms with E-state index in [0.29, 0.717) is 0 Å². The van der Waals surface area contributed by atoms with Gasteiger partial charge >= 0.3 is 0 Å². The minimum atomic E-state index is 0.102. The Hall–Kier alpha value is -1.39. The molecule has 3 nitrogen and oxygen atoms in total. The maximum Gasteiger partial charge on any atom is 0.129 e. The highest BCUT2D eigenvalue weighted by molar-refractivity contribution is 7.15. The number of thiazole rings is 1. The van der Waals surface area contributed by atoms with Gasteiger partial charge < -0.3 is 10.5 Å². The third kappa shape index (κ3) is 2.26. The monoisotopic (exact) mass is 274 g/mol. The highest BCUT2D eigenvalue weighted by atomic mass is 32.1. The summed E-state index contributed by atoms with van der Waals surface area (Å²) < 4.78 is 5.47. The largest absolute Gasteiger partial charge is 0.496 e. The minimum absolute atomic E-state index is 0.102. The van der Waals surface area contributed by atoms with Crippen LogP contribution in [0.1, 0.15) is 35.0 Å². The Balaban J connectivity index is 2.08. The summed E-state index contributed by atoms with van der Waals surface area (Å²) in [6, 6.07) is 6.34. The molecular formula is C15H18N2OS. The van der Waals surface area contributed by atoms with Gasteiger partial charge in [-0.3, -0.25) is 0 Å². The number of hydrogen-bond donors (Lipinski definition) is 1. The van der Waals surface area contributed by atoms with Crippen LogP contribution in [-0.4, -0.2) is 12.1 Å². The van der Waals surface area contributed by atoms with Crippen molar-refractivity contribution in [3.8, 4) is 16.3 Å². The van der Waals surface area contributed by atoms with Crippen LogP contribution in [0.2, 0.25) is 0 Å². The zero-order chi connectivity index (χ0) is 13.4. The van der Waals surface area contributed by atoms with Crippen molar-refractivity contribution in [1.29, 1.82) is 0 Å². The molecule has 1 atom stereocenters. The van der Waals surface area contributed by atoms with Crippen molar-refractivity contribution in [1.82, 2.24) is 4.98 Å². The molecule has 0 saturated carbocycles. The second kappa shape index (κ2) is 4.94. The van der Waals surface area contributed by atoms with E-state index < -0.39 is 0 Å². The van der Waals surface area contributed by atoms with E-state index in [4.69, 9.17) is 15.5 Å². The van der Waals surface area contributed by atoms with Gasteiger partial charge in [-0.15, -0.1) is 11.3 Å². The van der Waals surface area contributed by atoms with Crippen LogP contribution in [0, 0.1) is 6.92 Å². The Labute approximate surface area is 117 Å². The van der Waals surface area contributed by atoms with Crippen molar-refractivity contribution in [2.45, 2.75) is 32.2 Å². The Bertz CT molecular complexity index is 606. The lowest BCUT2D eigenvalue weighted by molar-refractivity contribution is 0.416. The van der Waals surface area contributed by atoms with E-state index >= 15 is 0 Å². The van der Waals surface area contributed by atoms with Crippen LogP contribution in [0.3, 0.4) is 0 Å². The summed E-state index contributed by atoms with van der Waals surface area (Å²) in [6.45, 7) is 2.06. The zero-order valence-electron chi connectivity index (χ0n) is 11.3. The van der Waals surface area contributed by atoms with E-state index in [-0.39, 0.29) is 6.04 Å². The van der Waals surface area contributed by atoms with Crippen molar-refractivity contribution in [3.05, 3.63) is 34.3 Å². The zero-order valence-corrected chi connectivity index (χ0v) is 12.1. The average molecular weight is 274 g/mol. The van der Waals surface area contributed by atoms with E-state index in [1.54, 1.807) is 18.4 Å². The number of ether oxygens (including phenoxy) is 1. The van der Waals surface area contributed by atoms with Crippen LogP contribution in [0.25, 0.3) is 10.6 Å². The lowest BCUT2D eigenvalue weighted by atomic mass is 9.99. The van der Waals surface area contributed by atoms with Crippen molar-refractivity contribution >= 4 is 11.3 Å². The SMILES string of the molecule is COc1cc(C)ccc1-c1nc2c(s1)CCCC2N. The van der Waals surface area contributed by atoms with Crippen LogP contribution in [0.15, 0.2) is 18.2 Å². The maximum atomic E-state index is 6.15. The number of hydrogen-bond acceptors (Lipinski definition) is 4. The fourth-order valence-corrected chi connectivity index (χ4v) is 3.75. The van der Waals surface area contributed by atoms with Gasteiger partial charge in [-0.1, -0.05) is 6.07 Å². The molecule has 100 valence electrons. The Kier molecular flexibility index (Phi) is 3.29. The van der Waals surface area contributed by atoms with Crippen LogP contribution in [0.5, 0.6) is 5.75 Å². The van der Waals surface area contributed by atoms with Crippen molar-refractivity contribution in [2.24, 2.45) is 5.73 Å². The third-order valence-electron chi connectivity index (χ3n) is 3.59. The highest BCUT2D eigenvalue weighted by Crippen LogP contribution is 2.39. The number of methoxy groups -OCH3 is 1. The molecule has 19 heavy (non-hydrogen) atoms. The van der Waals surface area contributed by atoms with Gasteiger partial charge in [0.2, 0.25) is 0 Å². The molecule has 0 aliphatic heterocycles. The summed E-state index contributed by atoms with van der Waals surface area (Å²) in [5.74, 6) is 0.889. The van der Waals surface area contributed by atoms with Gasteiger partial charge in [0.1, 0.15) is 10.8 Å². The summed E-state index contributed by atoms with van der Waals surface area (Å²) >= 11 is 1.76. The number of aromatic nitrogens is 1. The van der Waals surface area contributed by atoms with Crippen molar-refractivity contribution < 1.29 is 4.74 Å². The highest BCUT2D eigenvalue weighted by Gasteiger charge is 2.23. The molecule has 1 aromatic heterocycles. The predicted molar refractivity (Wildman–Crippen MR) is 78.7 cm³/mol.